The Balaban J connectivity index is 1.13. The van der Waals surface area contributed by atoms with E-state index in [9.17, 15) is 22.4 Å². The zero-order valence-corrected chi connectivity index (χ0v) is 28.7. The molecule has 0 saturated carbocycles. The second-order valence-corrected chi connectivity index (χ2v) is 13.9. The maximum Gasteiger partial charge on any atom is 0.311 e. The van der Waals surface area contributed by atoms with Crippen molar-refractivity contribution in [3.8, 4) is 5.75 Å². The number of ether oxygens (including phenoxy) is 2. The molecular weight excluding hydrogens is 626 g/mol. The van der Waals surface area contributed by atoms with Gasteiger partial charge in [0.25, 0.3) is 0 Å². The summed E-state index contributed by atoms with van der Waals surface area (Å²) in [6.45, 7) is 10.5. The Morgan fingerprint density at radius 3 is 2.46 bits per heavy atom. The maximum atomic E-state index is 13.8. The summed E-state index contributed by atoms with van der Waals surface area (Å²) in [6.07, 6.45) is 7.45. The third kappa shape index (κ3) is 9.95. The van der Waals surface area contributed by atoms with Crippen molar-refractivity contribution < 1.29 is 31.8 Å². The number of hydrogen-bond acceptors (Lipinski definition) is 8. The largest absolute Gasteiger partial charge is 0.420 e. The molecule has 1 aliphatic heterocycles. The number of unbranched alkanes of at least 4 members (excludes halogenated alkanes) is 3. The predicted octanol–water partition coefficient (Wildman–Crippen LogP) is 8.05. The Morgan fingerprint density at radius 2 is 1.75 bits per heavy atom. The van der Waals surface area contributed by atoms with Gasteiger partial charge in [-0.25, -0.2) is 13.8 Å². The van der Waals surface area contributed by atoms with Crippen molar-refractivity contribution in [3.05, 3.63) is 53.1 Å². The number of pyridine rings is 1. The number of aryl methyl sites for hydroxylation is 1. The van der Waals surface area contributed by atoms with Crippen LogP contribution < -0.4 is 21.1 Å². The van der Waals surface area contributed by atoms with Crippen LogP contribution in [0.1, 0.15) is 78.2 Å². The molecule has 3 aromatic rings. The van der Waals surface area contributed by atoms with Crippen molar-refractivity contribution in [2.75, 3.05) is 49.7 Å². The summed E-state index contributed by atoms with van der Waals surface area (Å²) in [6, 6.07) is 6.54. The van der Waals surface area contributed by atoms with Crippen LogP contribution in [0.5, 0.6) is 5.75 Å². The summed E-state index contributed by atoms with van der Waals surface area (Å²) in [5, 5.41) is 8.17. The van der Waals surface area contributed by atoms with Gasteiger partial charge in [-0.1, -0.05) is 52.7 Å². The van der Waals surface area contributed by atoms with Crippen LogP contribution in [-0.4, -0.2) is 55.4 Å². The van der Waals surface area contributed by atoms with Crippen molar-refractivity contribution in [3.63, 3.8) is 0 Å². The molecule has 1 aromatic heterocycles. The van der Waals surface area contributed by atoms with Crippen molar-refractivity contribution in [1.82, 2.24) is 9.88 Å². The minimum atomic E-state index is -1.75. The number of nitrogens with one attached hydrogen (secondary N) is 2. The number of carbonyl (C=O) groups is 1. The Kier molecular flexibility index (Phi) is 12.9. The molecule has 264 valence electrons. The molecule has 1 aliphatic rings. The van der Waals surface area contributed by atoms with E-state index in [1.54, 1.807) is 6.92 Å². The van der Waals surface area contributed by atoms with Gasteiger partial charge < -0.3 is 30.7 Å². The van der Waals surface area contributed by atoms with Crippen molar-refractivity contribution in [1.29, 1.82) is 0 Å². The number of aromatic nitrogens is 1. The molecule has 0 aliphatic carbocycles. The van der Waals surface area contributed by atoms with E-state index in [-0.39, 0.29) is 36.6 Å². The monoisotopic (exact) mass is 675 g/mol. The highest BCUT2D eigenvalue weighted by molar-refractivity contribution is 6.03. The molecule has 2 aromatic carbocycles. The summed E-state index contributed by atoms with van der Waals surface area (Å²) in [5.41, 5.74) is 10.3. The third-order valence-electron chi connectivity index (χ3n) is 8.46. The quantitative estimate of drug-likeness (QED) is 0.0410. The van der Waals surface area contributed by atoms with Gasteiger partial charge in [0.1, 0.15) is 11.5 Å². The predicted molar refractivity (Wildman–Crippen MR) is 182 cm³/mol. The van der Waals surface area contributed by atoms with Gasteiger partial charge in [-0.05, 0) is 63.2 Å². The van der Waals surface area contributed by atoms with Crippen LogP contribution in [0.15, 0.2) is 24.3 Å². The van der Waals surface area contributed by atoms with Crippen molar-refractivity contribution in [2.24, 2.45) is 11.3 Å². The summed E-state index contributed by atoms with van der Waals surface area (Å²) < 4.78 is 64.8. The molecule has 4 N–H and O–H groups in total. The van der Waals surface area contributed by atoms with E-state index in [1.807, 2.05) is 0 Å². The molecule has 2 heterocycles. The third-order valence-corrected chi connectivity index (χ3v) is 8.46. The number of esters is 1. The minimum Gasteiger partial charge on any atom is -0.420 e. The first-order chi connectivity index (χ1) is 22.8. The van der Waals surface area contributed by atoms with Gasteiger partial charge >= 0.3 is 5.97 Å². The Hall–Kier alpha value is -3.64. The van der Waals surface area contributed by atoms with Gasteiger partial charge in [0.15, 0.2) is 11.6 Å². The zero-order chi connectivity index (χ0) is 35.0. The highest BCUT2D eigenvalue weighted by atomic mass is 19.2. The Labute approximate surface area is 280 Å². The van der Waals surface area contributed by atoms with Crippen LogP contribution in [-0.2, 0) is 16.0 Å². The van der Waals surface area contributed by atoms with Crippen LogP contribution in [0.3, 0.4) is 0 Å². The second-order valence-electron chi connectivity index (χ2n) is 13.9. The molecule has 48 heavy (non-hydrogen) atoms. The van der Waals surface area contributed by atoms with E-state index in [4.69, 9.17) is 10.5 Å². The number of hydrogen-bond donors (Lipinski definition) is 3. The van der Waals surface area contributed by atoms with E-state index in [2.05, 4.69) is 71.3 Å². The number of halogens is 4. The fraction of sp³-hybridized carbons (Fsp3) is 0.556. The average molecular weight is 676 g/mol. The van der Waals surface area contributed by atoms with Gasteiger partial charge in [-0.15, -0.1) is 0 Å². The van der Waals surface area contributed by atoms with Crippen LogP contribution in [0.25, 0.3) is 10.9 Å². The summed E-state index contributed by atoms with van der Waals surface area (Å²) in [7, 11) is 2.08. The lowest BCUT2D eigenvalue weighted by atomic mass is 9.94. The molecule has 0 saturated heterocycles. The lowest BCUT2D eigenvalue weighted by molar-refractivity contribution is -0.136. The number of nitrogens with zero attached hydrogens (tertiary/aromatic N) is 2. The lowest BCUT2D eigenvalue weighted by Crippen LogP contribution is -2.35. The van der Waals surface area contributed by atoms with E-state index in [1.165, 1.54) is 5.56 Å². The number of benzene rings is 2. The van der Waals surface area contributed by atoms with E-state index < -0.39 is 35.0 Å². The SMILES string of the molecule is CCCCC1Nc2c(N)nc3cc(CCCCCN(C)CC(C)(C)COCC(C)CC(=O)Oc4c(F)c(F)cc(F)c4F)ccc3c2N1. The van der Waals surface area contributed by atoms with Gasteiger partial charge in [-0.3, -0.25) is 4.79 Å². The molecule has 12 heteroatoms. The average Bonchev–Trinajstić information content (AvgIpc) is 3.45. The molecular formula is C36H49F4N5O3. The zero-order valence-electron chi connectivity index (χ0n) is 28.7. The molecule has 0 fully saturated rings. The highest BCUT2D eigenvalue weighted by Gasteiger charge is 2.26. The number of nitrogens with two attached hydrogens (primary N) is 1. The molecule has 8 nitrogen and oxygen atoms in total. The van der Waals surface area contributed by atoms with Gasteiger partial charge in [0.2, 0.25) is 17.4 Å². The first-order valence-corrected chi connectivity index (χ1v) is 16.8. The van der Waals surface area contributed by atoms with Crippen LogP contribution in [0, 0.1) is 34.6 Å². The molecule has 0 spiro atoms. The Morgan fingerprint density at radius 1 is 1.04 bits per heavy atom. The first kappa shape index (κ1) is 37.2. The van der Waals surface area contributed by atoms with Crippen molar-refractivity contribution in [2.45, 2.75) is 85.2 Å². The first-order valence-electron chi connectivity index (χ1n) is 16.8. The van der Waals surface area contributed by atoms with Gasteiger partial charge in [0.05, 0.1) is 30.4 Å². The molecule has 2 atom stereocenters. The number of nitrogen functional groups attached to an aromatic ring is 1. The standard InChI is InChI=1S/C36H49F4N5O3/c1-6-7-12-28-43-32-24-14-13-23(17-27(24)42-35(41)33(32)44-28)11-9-8-10-15-45(5)20-36(3,4)21-47-19-22(2)16-29(46)48-34-30(39)25(37)18-26(38)31(34)40/h13-14,17-18,22,28,43-44H,6-12,15-16,19-21H2,1-5H3,(H2,41,42). The highest BCUT2D eigenvalue weighted by Crippen LogP contribution is 2.40. The normalized spacial score (nSPS) is 15.0. The number of fused-ring (bicyclic) bond motifs is 3. The molecule has 0 radical (unpaired) electrons. The van der Waals surface area contributed by atoms with Crippen LogP contribution in [0.4, 0.5) is 34.8 Å². The minimum absolute atomic E-state index is 0.0585. The van der Waals surface area contributed by atoms with Crippen molar-refractivity contribution >= 4 is 34.1 Å². The second kappa shape index (κ2) is 16.6. The topological polar surface area (TPSA) is 102 Å². The molecule has 2 unspecified atom stereocenters. The van der Waals surface area contributed by atoms with E-state index in [0.29, 0.717) is 12.4 Å². The van der Waals surface area contributed by atoms with E-state index in [0.717, 1.165) is 80.3 Å². The van der Waals surface area contributed by atoms with Crippen LogP contribution >= 0.6 is 0 Å². The number of carbonyl (C=O) groups excluding carboxylic acids is 1. The molecule has 0 bridgehead atoms. The van der Waals surface area contributed by atoms with Gasteiger partial charge in [-0.2, -0.15) is 8.78 Å². The number of rotatable bonds is 18. The fourth-order valence-corrected chi connectivity index (χ4v) is 6.14. The summed E-state index contributed by atoms with van der Waals surface area (Å²) >= 11 is 0. The Bertz CT molecular complexity index is 1540. The van der Waals surface area contributed by atoms with E-state index >= 15 is 0 Å². The molecule has 4 rings (SSSR count). The summed E-state index contributed by atoms with van der Waals surface area (Å²) in [4.78, 5) is 19.1. The summed E-state index contributed by atoms with van der Waals surface area (Å²) in [5.74, 6) is -8.98. The molecule has 0 amide bonds. The maximum absolute atomic E-state index is 13.8. The smallest absolute Gasteiger partial charge is 0.311 e. The van der Waals surface area contributed by atoms with Crippen LogP contribution in [0.2, 0.25) is 0 Å². The fourth-order valence-electron chi connectivity index (χ4n) is 6.14. The number of anilines is 3. The lowest BCUT2D eigenvalue weighted by Gasteiger charge is -2.30. The van der Waals surface area contributed by atoms with Gasteiger partial charge in [0, 0.05) is 30.0 Å².